The fourth-order valence-electron chi connectivity index (χ4n) is 5.33. The number of nitrogens with zero attached hydrogens (tertiary/aromatic N) is 6. The van der Waals surface area contributed by atoms with Crippen molar-refractivity contribution in [3.8, 4) is 23.1 Å². The highest BCUT2D eigenvalue weighted by Crippen LogP contribution is 2.39. The summed E-state index contributed by atoms with van der Waals surface area (Å²) in [6.45, 7) is 3.26. The van der Waals surface area contributed by atoms with Gasteiger partial charge >= 0.3 is 0 Å². The van der Waals surface area contributed by atoms with Crippen LogP contribution in [0.1, 0.15) is 5.76 Å². The van der Waals surface area contributed by atoms with E-state index in [0.717, 1.165) is 54.0 Å². The molecule has 0 spiro atoms. The first-order valence-corrected chi connectivity index (χ1v) is 14.2. The van der Waals surface area contributed by atoms with Gasteiger partial charge in [0, 0.05) is 74.2 Å². The molecular weight excluding hydrogens is 556 g/mol. The molecule has 1 fully saturated rings. The van der Waals surface area contributed by atoms with Gasteiger partial charge in [0.25, 0.3) is 5.91 Å². The van der Waals surface area contributed by atoms with Gasteiger partial charge in [-0.05, 0) is 37.4 Å². The van der Waals surface area contributed by atoms with Crippen molar-refractivity contribution in [2.24, 2.45) is 7.05 Å². The van der Waals surface area contributed by atoms with E-state index < -0.39 is 5.91 Å². The molecule has 0 radical (unpaired) electrons. The SMILES string of the molecule is COc1cc(N2CCN(C)CC2)c(NC(=O)C(C#N)=Cc2ccco2)cc1Nc1nccc(-c2cn(C)c3ccccc23)n1. The summed E-state index contributed by atoms with van der Waals surface area (Å²) < 4.78 is 13.2. The van der Waals surface area contributed by atoms with Crippen LogP contribution in [0.25, 0.3) is 28.2 Å². The number of amides is 1. The number of rotatable bonds is 8. The maximum Gasteiger partial charge on any atom is 0.266 e. The van der Waals surface area contributed by atoms with E-state index in [2.05, 4.69) is 55.4 Å². The molecule has 4 heterocycles. The molecule has 1 amide bonds. The number of ether oxygens (including phenoxy) is 1. The Balaban J connectivity index is 1.36. The summed E-state index contributed by atoms with van der Waals surface area (Å²) >= 11 is 0. The van der Waals surface area contributed by atoms with E-state index in [9.17, 15) is 10.1 Å². The molecule has 11 nitrogen and oxygen atoms in total. The Bertz CT molecular complexity index is 1880. The number of hydrogen-bond acceptors (Lipinski definition) is 9. The summed E-state index contributed by atoms with van der Waals surface area (Å²) in [7, 11) is 5.69. The fourth-order valence-corrected chi connectivity index (χ4v) is 5.33. The number of piperazine rings is 1. The Kier molecular flexibility index (Phi) is 7.99. The number of likely N-dealkylation sites (N-methyl/N-ethyl adjacent to an activating group) is 1. The van der Waals surface area contributed by atoms with Gasteiger partial charge in [0.15, 0.2) is 0 Å². The minimum atomic E-state index is -0.551. The summed E-state index contributed by atoms with van der Waals surface area (Å²) in [5, 5.41) is 17.1. The molecule has 1 aliphatic heterocycles. The number of furan rings is 1. The largest absolute Gasteiger partial charge is 0.494 e. The van der Waals surface area contributed by atoms with Crippen molar-refractivity contribution in [3.63, 3.8) is 0 Å². The molecule has 3 aromatic heterocycles. The smallest absolute Gasteiger partial charge is 0.266 e. The number of hydrogen-bond donors (Lipinski definition) is 2. The normalized spacial score (nSPS) is 14.0. The van der Waals surface area contributed by atoms with Gasteiger partial charge in [-0.1, -0.05) is 18.2 Å². The highest BCUT2D eigenvalue weighted by Gasteiger charge is 2.23. The Labute approximate surface area is 255 Å². The van der Waals surface area contributed by atoms with Crippen LogP contribution in [-0.2, 0) is 11.8 Å². The molecule has 222 valence electrons. The number of fused-ring (bicyclic) bond motifs is 1. The minimum Gasteiger partial charge on any atom is -0.494 e. The van der Waals surface area contributed by atoms with Crippen LogP contribution in [0, 0.1) is 11.3 Å². The number of aryl methyl sites for hydroxylation is 1. The van der Waals surface area contributed by atoms with Crippen molar-refractivity contribution in [2.75, 3.05) is 55.9 Å². The molecule has 2 aromatic carbocycles. The summed E-state index contributed by atoms with van der Waals surface area (Å²) in [6, 6.07) is 19.1. The molecule has 0 unspecified atom stereocenters. The number of anilines is 4. The average Bonchev–Trinajstić information content (AvgIpc) is 3.68. The summed E-state index contributed by atoms with van der Waals surface area (Å²) in [5.74, 6) is 0.789. The van der Waals surface area contributed by atoms with Crippen LogP contribution in [-0.4, -0.2) is 65.7 Å². The molecule has 6 rings (SSSR count). The lowest BCUT2D eigenvalue weighted by molar-refractivity contribution is -0.112. The van der Waals surface area contributed by atoms with Gasteiger partial charge in [-0.15, -0.1) is 0 Å². The zero-order chi connectivity index (χ0) is 30.6. The van der Waals surface area contributed by atoms with E-state index in [1.807, 2.05) is 37.4 Å². The molecule has 2 N–H and O–H groups in total. The van der Waals surface area contributed by atoms with Gasteiger partial charge in [-0.2, -0.15) is 5.26 Å². The van der Waals surface area contributed by atoms with Gasteiger partial charge in [-0.3, -0.25) is 4.79 Å². The maximum absolute atomic E-state index is 13.3. The summed E-state index contributed by atoms with van der Waals surface area (Å²) in [4.78, 5) is 27.1. The lowest BCUT2D eigenvalue weighted by Crippen LogP contribution is -2.44. The summed E-state index contributed by atoms with van der Waals surface area (Å²) in [6.07, 6.45) is 6.67. The first-order chi connectivity index (χ1) is 21.4. The van der Waals surface area contributed by atoms with E-state index in [1.165, 1.54) is 12.3 Å². The van der Waals surface area contributed by atoms with Crippen molar-refractivity contribution in [3.05, 3.63) is 84.6 Å². The van der Waals surface area contributed by atoms with Crippen LogP contribution < -0.4 is 20.3 Å². The standard InChI is InChI=1S/C33H32N8O3/c1-39-12-14-41(15-13-39)30-19-31(43-3)28(18-27(30)36-32(42)22(20-34)17-23-7-6-16-44-23)38-33-35-11-10-26(37-33)25-21-40(2)29-9-5-4-8-24(25)29/h4-11,16-19,21H,12-15H2,1-3H3,(H,36,42)(H,35,37,38). The first-order valence-electron chi connectivity index (χ1n) is 14.2. The second kappa shape index (κ2) is 12.3. The van der Waals surface area contributed by atoms with Crippen molar-refractivity contribution in [1.82, 2.24) is 19.4 Å². The molecule has 11 heteroatoms. The predicted molar refractivity (Wildman–Crippen MR) is 171 cm³/mol. The van der Waals surface area contributed by atoms with Crippen molar-refractivity contribution in [2.45, 2.75) is 0 Å². The lowest BCUT2D eigenvalue weighted by atomic mass is 10.1. The molecule has 0 saturated carbocycles. The van der Waals surface area contributed by atoms with Crippen LogP contribution in [0.3, 0.4) is 0 Å². The molecule has 1 aliphatic rings. The molecular formula is C33H32N8O3. The molecule has 5 aromatic rings. The average molecular weight is 589 g/mol. The summed E-state index contributed by atoms with van der Waals surface area (Å²) in [5.41, 5.74) is 4.65. The van der Waals surface area contributed by atoms with E-state index in [4.69, 9.17) is 14.1 Å². The van der Waals surface area contributed by atoms with E-state index in [1.54, 1.807) is 31.5 Å². The Morgan fingerprint density at radius 3 is 2.64 bits per heavy atom. The fraction of sp³-hybridized carbons (Fsp3) is 0.212. The molecule has 0 atom stereocenters. The number of para-hydroxylation sites is 1. The van der Waals surface area contributed by atoms with Gasteiger partial charge in [0.05, 0.1) is 36.1 Å². The van der Waals surface area contributed by atoms with Gasteiger partial charge in [-0.25, -0.2) is 9.97 Å². The van der Waals surface area contributed by atoms with Gasteiger partial charge in [0.2, 0.25) is 5.95 Å². The van der Waals surface area contributed by atoms with Crippen LogP contribution in [0.4, 0.5) is 23.0 Å². The zero-order valence-electron chi connectivity index (χ0n) is 24.7. The Morgan fingerprint density at radius 2 is 1.89 bits per heavy atom. The Hall–Kier alpha value is -5.60. The van der Waals surface area contributed by atoms with E-state index in [-0.39, 0.29) is 5.57 Å². The number of nitrogens with one attached hydrogen (secondary N) is 2. The number of methoxy groups -OCH3 is 1. The minimum absolute atomic E-state index is 0.0827. The van der Waals surface area contributed by atoms with E-state index in [0.29, 0.717) is 28.8 Å². The molecule has 0 bridgehead atoms. The van der Waals surface area contributed by atoms with Crippen molar-refractivity contribution >= 4 is 45.9 Å². The number of carbonyl (C=O) groups excluding carboxylic acids is 1. The number of benzene rings is 2. The van der Waals surface area contributed by atoms with Crippen LogP contribution in [0.5, 0.6) is 5.75 Å². The van der Waals surface area contributed by atoms with Crippen molar-refractivity contribution < 1.29 is 13.9 Å². The third-order valence-electron chi connectivity index (χ3n) is 7.68. The monoisotopic (exact) mass is 588 g/mol. The van der Waals surface area contributed by atoms with Crippen LogP contribution >= 0.6 is 0 Å². The second-order valence-corrected chi connectivity index (χ2v) is 10.6. The lowest BCUT2D eigenvalue weighted by Gasteiger charge is -2.35. The molecule has 44 heavy (non-hydrogen) atoms. The number of carbonyl (C=O) groups is 1. The zero-order valence-corrected chi connectivity index (χ0v) is 24.7. The Morgan fingerprint density at radius 1 is 1.07 bits per heavy atom. The van der Waals surface area contributed by atoms with Crippen molar-refractivity contribution in [1.29, 1.82) is 5.26 Å². The number of nitriles is 1. The predicted octanol–water partition coefficient (Wildman–Crippen LogP) is 5.28. The van der Waals surface area contributed by atoms with Crippen LogP contribution in [0.15, 0.2) is 83.2 Å². The number of aromatic nitrogens is 3. The second-order valence-electron chi connectivity index (χ2n) is 10.6. The quantitative estimate of drug-likeness (QED) is 0.184. The third-order valence-corrected chi connectivity index (χ3v) is 7.68. The van der Waals surface area contributed by atoms with Gasteiger partial charge < -0.3 is 34.2 Å². The third kappa shape index (κ3) is 5.84. The maximum atomic E-state index is 13.3. The molecule has 1 saturated heterocycles. The highest BCUT2D eigenvalue weighted by molar-refractivity contribution is 6.11. The molecule has 0 aliphatic carbocycles. The topological polar surface area (TPSA) is 124 Å². The van der Waals surface area contributed by atoms with Gasteiger partial charge in [0.1, 0.15) is 23.2 Å². The van der Waals surface area contributed by atoms with E-state index >= 15 is 0 Å². The highest BCUT2D eigenvalue weighted by atomic mass is 16.5. The first kappa shape index (κ1) is 28.5. The van der Waals surface area contributed by atoms with Crippen LogP contribution in [0.2, 0.25) is 0 Å².